The molecule has 208 valence electrons. The van der Waals surface area contributed by atoms with E-state index in [1.165, 1.54) is 17.6 Å². The Kier molecular flexibility index (Phi) is 5.72. The number of benzene rings is 1. The maximum Gasteiger partial charge on any atom is 0.231 e. The van der Waals surface area contributed by atoms with Gasteiger partial charge < -0.3 is 19.3 Å². The number of allylic oxidation sites excluding steroid dienone is 1. The van der Waals surface area contributed by atoms with E-state index in [9.17, 15) is 9.90 Å². The Morgan fingerprint density at radius 2 is 1.97 bits per heavy atom. The number of ketones is 1. The molecule has 0 radical (unpaired) electrons. The third-order valence-electron chi connectivity index (χ3n) is 11.6. The van der Waals surface area contributed by atoms with Gasteiger partial charge >= 0.3 is 0 Å². The molecule has 2 heterocycles. The average Bonchev–Trinajstić information content (AvgIpc) is 3.48. The summed E-state index contributed by atoms with van der Waals surface area (Å²) >= 11 is 0. The summed E-state index contributed by atoms with van der Waals surface area (Å²) in [5.74, 6) is 11.1. The van der Waals surface area contributed by atoms with E-state index < -0.39 is 5.60 Å². The number of carbonyl (C=O) groups excluding carboxylic acids is 1. The van der Waals surface area contributed by atoms with E-state index in [2.05, 4.69) is 43.7 Å². The van der Waals surface area contributed by atoms with Gasteiger partial charge in [0.15, 0.2) is 17.3 Å². The van der Waals surface area contributed by atoms with Crippen LogP contribution in [-0.2, 0) is 11.2 Å². The minimum Gasteiger partial charge on any atom is -0.492 e. The number of rotatable bonds is 1. The monoisotopic (exact) mass is 531 g/mol. The summed E-state index contributed by atoms with van der Waals surface area (Å²) in [4.78, 5) is 14.4. The minimum absolute atomic E-state index is 0.104. The third-order valence-corrected chi connectivity index (χ3v) is 11.6. The topological polar surface area (TPSA) is 68.2 Å². The smallest absolute Gasteiger partial charge is 0.231 e. The number of carbonyl (C=O) groups is 1. The van der Waals surface area contributed by atoms with E-state index in [1.807, 2.05) is 6.08 Å². The molecular formula is C33H41NO5. The van der Waals surface area contributed by atoms with Crippen LogP contribution in [0.1, 0.15) is 82.4 Å². The maximum atomic E-state index is 12.2. The molecule has 3 fully saturated rings. The van der Waals surface area contributed by atoms with E-state index in [-0.39, 0.29) is 23.7 Å². The Labute approximate surface area is 232 Å². The number of fused-ring (bicyclic) bond motifs is 7. The number of likely N-dealkylation sites (N-methyl/N-ethyl adjacent to an activating group) is 1. The van der Waals surface area contributed by atoms with Gasteiger partial charge in [-0.05, 0) is 105 Å². The highest BCUT2D eigenvalue weighted by Crippen LogP contribution is 2.66. The first-order chi connectivity index (χ1) is 18.6. The Hall–Kier alpha value is -2.49. The van der Waals surface area contributed by atoms with E-state index in [1.54, 1.807) is 7.11 Å². The van der Waals surface area contributed by atoms with Crippen LogP contribution in [0.15, 0.2) is 17.7 Å². The molecule has 39 heavy (non-hydrogen) atoms. The van der Waals surface area contributed by atoms with Crippen LogP contribution < -0.4 is 14.2 Å². The number of ether oxygens (including phenoxy) is 3. The molecule has 2 aliphatic heterocycles. The summed E-state index contributed by atoms with van der Waals surface area (Å²) < 4.78 is 17.3. The Balaban J connectivity index is 1.19. The van der Waals surface area contributed by atoms with Crippen LogP contribution in [0.4, 0.5) is 0 Å². The third kappa shape index (κ3) is 3.79. The van der Waals surface area contributed by atoms with E-state index in [0.717, 1.165) is 62.8 Å². The molecule has 1 aromatic carbocycles. The van der Waals surface area contributed by atoms with Crippen molar-refractivity contribution >= 4 is 5.78 Å². The molecule has 7 atom stereocenters. The number of aliphatic hydroxyl groups is 1. The van der Waals surface area contributed by atoms with Gasteiger partial charge in [0, 0.05) is 18.5 Å². The molecule has 0 bridgehead atoms. The van der Waals surface area contributed by atoms with Gasteiger partial charge in [-0.3, -0.25) is 9.69 Å². The molecule has 7 rings (SSSR count). The fourth-order valence-electron chi connectivity index (χ4n) is 9.59. The first-order valence-corrected chi connectivity index (χ1v) is 14.8. The second-order valence-corrected chi connectivity index (χ2v) is 13.7. The zero-order chi connectivity index (χ0) is 27.2. The van der Waals surface area contributed by atoms with Crippen LogP contribution in [-0.4, -0.2) is 48.9 Å². The van der Waals surface area contributed by atoms with Gasteiger partial charge in [-0.2, -0.15) is 0 Å². The lowest BCUT2D eigenvalue weighted by Gasteiger charge is -2.57. The van der Waals surface area contributed by atoms with E-state index >= 15 is 0 Å². The van der Waals surface area contributed by atoms with Crippen molar-refractivity contribution in [3.8, 4) is 29.1 Å². The van der Waals surface area contributed by atoms with Crippen molar-refractivity contribution in [2.24, 2.45) is 28.6 Å². The number of methoxy groups -OCH3 is 1. The molecule has 0 saturated heterocycles. The summed E-state index contributed by atoms with van der Waals surface area (Å²) in [6.07, 6.45) is 10.5. The largest absolute Gasteiger partial charge is 0.492 e. The van der Waals surface area contributed by atoms with Crippen molar-refractivity contribution in [3.05, 3.63) is 28.8 Å². The van der Waals surface area contributed by atoms with Crippen LogP contribution >= 0.6 is 0 Å². The molecule has 1 N–H and O–H groups in total. The van der Waals surface area contributed by atoms with E-state index in [4.69, 9.17) is 14.2 Å². The van der Waals surface area contributed by atoms with Crippen LogP contribution in [0.2, 0.25) is 0 Å². The SMILES string of the molecule is COc1c2c(cc3c1[C@H](C#C[C@@]1(O)C[C@H]4[C@H]5CCC6=CC(=O)CC[C@]6(C)[C@H]5CC[C@]4(C)C1)N(C)CC3)OCO2. The van der Waals surface area contributed by atoms with Crippen molar-refractivity contribution in [2.45, 2.75) is 83.3 Å². The quantitative estimate of drug-likeness (QED) is 0.502. The summed E-state index contributed by atoms with van der Waals surface area (Å²) in [5, 5.41) is 12.0. The Bertz CT molecular complexity index is 1320. The van der Waals surface area contributed by atoms with Gasteiger partial charge in [-0.1, -0.05) is 31.3 Å². The van der Waals surface area contributed by atoms with Gasteiger partial charge in [-0.15, -0.1) is 0 Å². The fraction of sp³-hybridized carbons (Fsp3) is 0.667. The molecule has 3 saturated carbocycles. The molecule has 1 aromatic rings. The van der Waals surface area contributed by atoms with Crippen molar-refractivity contribution in [2.75, 3.05) is 27.5 Å². The minimum atomic E-state index is -0.990. The molecule has 6 nitrogen and oxygen atoms in total. The second-order valence-electron chi connectivity index (χ2n) is 13.7. The highest BCUT2D eigenvalue weighted by molar-refractivity contribution is 5.91. The Morgan fingerprint density at radius 3 is 2.79 bits per heavy atom. The number of nitrogens with zero attached hydrogens (tertiary/aromatic N) is 1. The second kappa shape index (κ2) is 8.75. The molecule has 4 aliphatic carbocycles. The highest BCUT2D eigenvalue weighted by Gasteiger charge is 2.60. The number of hydrogen-bond acceptors (Lipinski definition) is 6. The zero-order valence-corrected chi connectivity index (χ0v) is 23.8. The predicted octanol–water partition coefficient (Wildman–Crippen LogP) is 5.22. The molecule has 0 amide bonds. The highest BCUT2D eigenvalue weighted by atomic mass is 16.7. The van der Waals surface area contributed by atoms with Gasteiger partial charge in [-0.25, -0.2) is 0 Å². The van der Waals surface area contributed by atoms with Crippen LogP contribution in [0.3, 0.4) is 0 Å². The lowest BCUT2D eigenvalue weighted by molar-refractivity contribution is -0.117. The Morgan fingerprint density at radius 1 is 1.13 bits per heavy atom. The zero-order valence-electron chi connectivity index (χ0n) is 23.8. The van der Waals surface area contributed by atoms with Crippen molar-refractivity contribution in [1.29, 1.82) is 0 Å². The van der Waals surface area contributed by atoms with Gasteiger partial charge in [0.1, 0.15) is 11.6 Å². The molecule has 0 unspecified atom stereocenters. The fourth-order valence-corrected chi connectivity index (χ4v) is 9.59. The number of hydrogen-bond donors (Lipinski definition) is 1. The first-order valence-electron chi connectivity index (χ1n) is 14.8. The summed E-state index contributed by atoms with van der Waals surface area (Å²) in [6.45, 7) is 5.90. The maximum absolute atomic E-state index is 12.2. The molecule has 0 spiro atoms. The average molecular weight is 532 g/mol. The van der Waals surface area contributed by atoms with Gasteiger partial charge in [0.25, 0.3) is 0 Å². The summed E-state index contributed by atoms with van der Waals surface area (Å²) in [6, 6.07) is 1.90. The molecule has 6 heteroatoms. The standard InChI is InChI=1S/C33H41NO5/c1-31-11-8-24-23(6-5-21-16-22(35)7-12-32(21,24)2)25(31)17-33(36,18-31)13-9-26-28-20(10-14-34(26)3)15-27-29(30(28)37-4)39-19-38-27/h15-16,23-26,36H,5-8,10-12,14,17-19H2,1-4H3/t23-,24-,25-,26-,31+,32-,33+/m0/s1. The molecule has 6 aliphatic rings. The van der Waals surface area contributed by atoms with Crippen molar-refractivity contribution in [3.63, 3.8) is 0 Å². The van der Waals surface area contributed by atoms with Gasteiger partial charge in [0.05, 0.1) is 7.11 Å². The summed E-state index contributed by atoms with van der Waals surface area (Å²) in [7, 11) is 3.77. The van der Waals surface area contributed by atoms with Crippen LogP contribution in [0.25, 0.3) is 0 Å². The van der Waals surface area contributed by atoms with Crippen LogP contribution in [0, 0.1) is 40.4 Å². The first kappa shape index (κ1) is 25.5. The molecular weight excluding hydrogens is 490 g/mol. The lowest BCUT2D eigenvalue weighted by Crippen LogP contribution is -2.49. The summed E-state index contributed by atoms with van der Waals surface area (Å²) in [5.41, 5.74) is 2.87. The van der Waals surface area contributed by atoms with Gasteiger partial charge in [0.2, 0.25) is 12.5 Å². The predicted molar refractivity (Wildman–Crippen MR) is 148 cm³/mol. The van der Waals surface area contributed by atoms with Crippen molar-refractivity contribution in [1.82, 2.24) is 4.90 Å². The molecule has 0 aromatic heterocycles. The van der Waals surface area contributed by atoms with Crippen LogP contribution in [0.5, 0.6) is 17.2 Å². The normalized spacial score (nSPS) is 40.4. The lowest BCUT2D eigenvalue weighted by atomic mass is 9.47. The van der Waals surface area contributed by atoms with E-state index in [0.29, 0.717) is 41.5 Å². The van der Waals surface area contributed by atoms with Crippen molar-refractivity contribution < 1.29 is 24.1 Å².